The molecule has 2 aromatic carbocycles. The van der Waals surface area contributed by atoms with Crippen molar-refractivity contribution in [2.24, 2.45) is 0 Å². The number of allylic oxidation sites excluding steroid dienone is 4. The molecule has 110 valence electrons. The first kappa shape index (κ1) is 20.9. The third-order valence-electron chi connectivity index (χ3n) is 2.94. The molecule has 0 spiro atoms. The molecular formula is C16H13Cl2N3Zr. The summed E-state index contributed by atoms with van der Waals surface area (Å²) in [5.41, 5.74) is 1.13. The molecule has 0 fully saturated rings. The number of hydrogen-bond donors (Lipinski definition) is 0. The minimum Gasteiger partial charge on any atom is -1.00 e. The zero-order chi connectivity index (χ0) is 12.9. The third kappa shape index (κ3) is 4.98. The van der Waals surface area contributed by atoms with Gasteiger partial charge < -0.3 is 29.4 Å². The van der Waals surface area contributed by atoms with Gasteiger partial charge in [0.05, 0.1) is 12.7 Å². The summed E-state index contributed by atoms with van der Waals surface area (Å²) in [5.74, 6) is 0. The molecule has 0 aliphatic heterocycles. The first-order valence-electron chi connectivity index (χ1n) is 6.16. The quantitative estimate of drug-likeness (QED) is 0.415. The van der Waals surface area contributed by atoms with Gasteiger partial charge in [-0.1, -0.05) is 35.0 Å². The summed E-state index contributed by atoms with van der Waals surface area (Å²) < 4.78 is 1.92. The van der Waals surface area contributed by atoms with E-state index < -0.39 is 0 Å². The molecule has 0 saturated heterocycles. The van der Waals surface area contributed by atoms with Crippen LogP contribution in [0.25, 0.3) is 16.5 Å². The fourth-order valence-corrected chi connectivity index (χ4v) is 2.02. The Balaban J connectivity index is 0.000000482. The van der Waals surface area contributed by atoms with Gasteiger partial charge in [0.25, 0.3) is 0 Å². The maximum atomic E-state index is 3.80. The molecule has 4 rings (SSSR count). The van der Waals surface area contributed by atoms with Crippen LogP contribution in [-0.2, 0) is 26.2 Å². The summed E-state index contributed by atoms with van der Waals surface area (Å²) in [7, 11) is 0. The smallest absolute Gasteiger partial charge is 1.00 e. The van der Waals surface area contributed by atoms with Crippen LogP contribution in [0.2, 0.25) is 0 Å². The van der Waals surface area contributed by atoms with Crippen LogP contribution in [0.4, 0.5) is 0 Å². The average Bonchev–Trinajstić information content (AvgIpc) is 3.21. The van der Waals surface area contributed by atoms with E-state index in [2.05, 4.69) is 46.6 Å². The number of aromatic nitrogens is 3. The van der Waals surface area contributed by atoms with E-state index in [4.69, 9.17) is 0 Å². The first-order chi connectivity index (χ1) is 9.45. The van der Waals surface area contributed by atoms with Gasteiger partial charge in [0.15, 0.2) is 0 Å². The molecule has 3 nitrogen and oxygen atoms in total. The fourth-order valence-electron chi connectivity index (χ4n) is 2.02. The number of hydrogen-bond acceptors (Lipinski definition) is 2. The zero-order valence-electron chi connectivity index (χ0n) is 11.7. The van der Waals surface area contributed by atoms with Crippen LogP contribution < -0.4 is 24.8 Å². The van der Waals surface area contributed by atoms with Crippen molar-refractivity contribution in [1.29, 1.82) is 0 Å². The third-order valence-corrected chi connectivity index (χ3v) is 2.94. The van der Waals surface area contributed by atoms with Crippen LogP contribution in [-0.4, -0.2) is 14.8 Å². The number of halogens is 2. The van der Waals surface area contributed by atoms with Crippen LogP contribution in [0, 0.1) is 6.08 Å². The Morgan fingerprint density at radius 2 is 1.77 bits per heavy atom. The molecule has 1 heterocycles. The molecule has 1 aliphatic carbocycles. The number of rotatable bonds is 1. The minimum absolute atomic E-state index is 0. The topological polar surface area (TPSA) is 30.7 Å². The van der Waals surface area contributed by atoms with Crippen molar-refractivity contribution in [2.45, 2.75) is 6.42 Å². The Hall–Kier alpha value is -1.09. The number of nitrogens with zero attached hydrogens (tertiary/aromatic N) is 3. The van der Waals surface area contributed by atoms with E-state index in [1.165, 1.54) is 10.8 Å². The van der Waals surface area contributed by atoms with E-state index in [9.17, 15) is 0 Å². The molecule has 22 heavy (non-hydrogen) atoms. The van der Waals surface area contributed by atoms with Crippen molar-refractivity contribution >= 4 is 10.8 Å². The Morgan fingerprint density at radius 3 is 2.36 bits per heavy atom. The second-order valence-corrected chi connectivity index (χ2v) is 4.18. The molecule has 1 aliphatic rings. The average molecular weight is 409 g/mol. The van der Waals surface area contributed by atoms with Crippen LogP contribution in [0.5, 0.6) is 0 Å². The predicted octanol–water partition coefficient (Wildman–Crippen LogP) is -2.55. The molecule has 0 atom stereocenters. The standard InChI is InChI=1S/C11H8N3.C5H5.2ClH.Zr/c1-2-4-10-9(3-1)5-6-11(10)14-7-12-13-8-14;1-2-4-5-3-1;;;/h1-8H;1-3H,4H2;2*1H;/q2*-1;;;+4/p-2. The summed E-state index contributed by atoms with van der Waals surface area (Å²) in [6.07, 6.45) is 13.4. The molecule has 0 amide bonds. The molecule has 0 unspecified atom stereocenters. The Kier molecular flexibility index (Phi) is 10.1. The molecule has 0 N–H and O–H groups in total. The van der Waals surface area contributed by atoms with Gasteiger partial charge >= 0.3 is 26.2 Å². The van der Waals surface area contributed by atoms with Gasteiger partial charge in [-0.25, -0.2) is 12.2 Å². The summed E-state index contributed by atoms with van der Waals surface area (Å²) >= 11 is 0. The monoisotopic (exact) mass is 407 g/mol. The van der Waals surface area contributed by atoms with Gasteiger partial charge in [-0.05, 0) is 5.69 Å². The van der Waals surface area contributed by atoms with Crippen molar-refractivity contribution < 1.29 is 51.0 Å². The van der Waals surface area contributed by atoms with Crippen LogP contribution in [0.15, 0.2) is 67.3 Å². The van der Waals surface area contributed by atoms with E-state index >= 15 is 0 Å². The largest absolute Gasteiger partial charge is 4.00 e. The van der Waals surface area contributed by atoms with Gasteiger partial charge in [0.1, 0.15) is 0 Å². The number of fused-ring (bicyclic) bond motifs is 1. The second-order valence-electron chi connectivity index (χ2n) is 4.18. The first-order valence-corrected chi connectivity index (χ1v) is 6.16. The molecule has 3 aromatic rings. The van der Waals surface area contributed by atoms with Gasteiger partial charge in [-0.2, -0.15) is 16.3 Å². The maximum Gasteiger partial charge on any atom is 4.00 e. The van der Waals surface area contributed by atoms with Gasteiger partial charge in [0.2, 0.25) is 0 Å². The minimum atomic E-state index is 0. The molecular weight excluding hydrogens is 396 g/mol. The molecule has 0 saturated carbocycles. The van der Waals surface area contributed by atoms with Gasteiger partial charge in [-0.3, -0.25) is 6.08 Å². The summed E-state index contributed by atoms with van der Waals surface area (Å²) in [6.45, 7) is 0. The Morgan fingerprint density at radius 1 is 1.05 bits per heavy atom. The molecule has 0 bridgehead atoms. The molecule has 1 aromatic heterocycles. The SMILES string of the molecule is [C-]1=CC=CC1.[Cl-].[Cl-].[Zr+4].c1ccc2c(c1)cc[c-]2-n1cnnc1. The van der Waals surface area contributed by atoms with Crippen molar-refractivity contribution in [1.82, 2.24) is 14.8 Å². The number of benzene rings is 1. The predicted molar refractivity (Wildman–Crippen MR) is 76.0 cm³/mol. The van der Waals surface area contributed by atoms with Crippen molar-refractivity contribution in [3.63, 3.8) is 0 Å². The normalized spacial score (nSPS) is 10.9. The Labute approximate surface area is 161 Å². The van der Waals surface area contributed by atoms with E-state index in [1.807, 2.05) is 28.9 Å². The van der Waals surface area contributed by atoms with Gasteiger partial charge in [0, 0.05) is 0 Å². The second kappa shape index (κ2) is 10.6. The summed E-state index contributed by atoms with van der Waals surface area (Å²) in [6, 6.07) is 12.5. The van der Waals surface area contributed by atoms with E-state index in [1.54, 1.807) is 12.7 Å². The summed E-state index contributed by atoms with van der Waals surface area (Å²) in [5, 5.41) is 10.1. The molecule has 0 radical (unpaired) electrons. The maximum absolute atomic E-state index is 3.80. The Bertz CT molecular complexity index is 708. The van der Waals surface area contributed by atoms with Gasteiger partial charge in [-0.15, -0.1) is 18.6 Å². The zero-order valence-corrected chi connectivity index (χ0v) is 15.6. The van der Waals surface area contributed by atoms with Crippen LogP contribution in [0.3, 0.4) is 0 Å². The van der Waals surface area contributed by atoms with E-state index in [0.717, 1.165) is 12.1 Å². The molecule has 6 heteroatoms. The van der Waals surface area contributed by atoms with E-state index in [-0.39, 0.29) is 51.0 Å². The van der Waals surface area contributed by atoms with Crippen LogP contribution >= 0.6 is 0 Å². The van der Waals surface area contributed by atoms with Crippen molar-refractivity contribution in [2.75, 3.05) is 0 Å². The van der Waals surface area contributed by atoms with Crippen LogP contribution in [0.1, 0.15) is 6.42 Å². The van der Waals surface area contributed by atoms with E-state index in [0.29, 0.717) is 0 Å². The summed E-state index contributed by atoms with van der Waals surface area (Å²) in [4.78, 5) is 0. The van der Waals surface area contributed by atoms with Crippen molar-refractivity contribution in [3.05, 3.63) is 73.4 Å². The fraction of sp³-hybridized carbons (Fsp3) is 0.0625. The van der Waals surface area contributed by atoms with Crippen molar-refractivity contribution in [3.8, 4) is 5.69 Å².